The van der Waals surface area contributed by atoms with Crippen molar-refractivity contribution in [3.63, 3.8) is 0 Å². The van der Waals surface area contributed by atoms with E-state index in [0.29, 0.717) is 16.1 Å². The third kappa shape index (κ3) is 4.46. The third-order valence-corrected chi connectivity index (χ3v) is 4.15. The summed E-state index contributed by atoms with van der Waals surface area (Å²) in [5, 5.41) is 7.75. The van der Waals surface area contributed by atoms with Gasteiger partial charge in [0.25, 0.3) is 0 Å². The normalized spacial score (nSPS) is 11.8. The summed E-state index contributed by atoms with van der Waals surface area (Å²) < 4.78 is 0. The lowest BCUT2D eigenvalue weighted by atomic mass is 10.0. The number of aryl methyl sites for hydroxylation is 2. The van der Waals surface area contributed by atoms with Crippen LogP contribution in [0.5, 0.6) is 0 Å². The molecule has 0 fully saturated rings. The lowest BCUT2D eigenvalue weighted by Gasteiger charge is -2.17. The van der Waals surface area contributed by atoms with Gasteiger partial charge in [0.2, 0.25) is 0 Å². The number of hydrogen-bond donors (Lipinski definition) is 2. The van der Waals surface area contributed by atoms with Gasteiger partial charge in [-0.05, 0) is 54.7 Å². The van der Waals surface area contributed by atoms with Crippen molar-refractivity contribution >= 4 is 34.6 Å². The molecule has 2 nitrogen and oxygen atoms in total. The molecule has 0 aliphatic rings. The Morgan fingerprint density at radius 2 is 1.86 bits per heavy atom. The fourth-order valence-electron chi connectivity index (χ4n) is 2.38. The van der Waals surface area contributed by atoms with Crippen LogP contribution in [0.1, 0.15) is 29.5 Å². The topological polar surface area (TPSA) is 24.1 Å². The van der Waals surface area contributed by atoms with Gasteiger partial charge in [0.15, 0.2) is 5.11 Å². The number of hydrogen-bond acceptors (Lipinski definition) is 1. The van der Waals surface area contributed by atoms with E-state index in [1.165, 1.54) is 5.56 Å². The summed E-state index contributed by atoms with van der Waals surface area (Å²) in [5.41, 5.74) is 4.40. The maximum atomic E-state index is 6.29. The van der Waals surface area contributed by atoms with Crippen molar-refractivity contribution in [2.75, 3.05) is 11.9 Å². The second-order valence-corrected chi connectivity index (χ2v) is 6.40. The SMILES string of the molecule is Cc1cc(C)c(NC(=S)NC[C@H](C)c2ccccc2)c(Cl)c1. The van der Waals surface area contributed by atoms with Gasteiger partial charge in [0.1, 0.15) is 0 Å². The molecular weight excluding hydrogens is 312 g/mol. The van der Waals surface area contributed by atoms with Gasteiger partial charge in [-0.3, -0.25) is 0 Å². The number of thiocarbonyl (C=S) groups is 1. The van der Waals surface area contributed by atoms with Crippen molar-refractivity contribution in [2.45, 2.75) is 26.7 Å². The largest absolute Gasteiger partial charge is 0.362 e. The second kappa shape index (κ2) is 7.61. The highest BCUT2D eigenvalue weighted by Gasteiger charge is 2.09. The van der Waals surface area contributed by atoms with Crippen molar-refractivity contribution in [2.24, 2.45) is 0 Å². The zero-order valence-electron chi connectivity index (χ0n) is 13.1. The number of benzene rings is 2. The molecule has 116 valence electrons. The fourth-order valence-corrected chi connectivity index (χ4v) is 2.93. The van der Waals surface area contributed by atoms with Gasteiger partial charge in [-0.25, -0.2) is 0 Å². The molecule has 0 unspecified atom stereocenters. The maximum Gasteiger partial charge on any atom is 0.170 e. The first kappa shape index (κ1) is 16.8. The predicted molar refractivity (Wildman–Crippen MR) is 100 cm³/mol. The predicted octanol–water partition coefficient (Wildman–Crippen LogP) is 5.05. The average molecular weight is 333 g/mol. The lowest BCUT2D eigenvalue weighted by Crippen LogP contribution is -2.31. The molecule has 2 N–H and O–H groups in total. The Labute approximate surface area is 142 Å². The molecule has 2 rings (SSSR count). The van der Waals surface area contributed by atoms with Crippen LogP contribution in [0.25, 0.3) is 0 Å². The van der Waals surface area contributed by atoms with Crippen LogP contribution < -0.4 is 10.6 Å². The highest BCUT2D eigenvalue weighted by Crippen LogP contribution is 2.27. The Bertz CT molecular complexity index is 632. The number of rotatable bonds is 4. The van der Waals surface area contributed by atoms with E-state index in [0.717, 1.165) is 23.4 Å². The van der Waals surface area contributed by atoms with Crippen LogP contribution in [0.15, 0.2) is 42.5 Å². The van der Waals surface area contributed by atoms with Crippen LogP contribution in [0.2, 0.25) is 5.02 Å². The summed E-state index contributed by atoms with van der Waals surface area (Å²) in [7, 11) is 0. The van der Waals surface area contributed by atoms with Crippen LogP contribution in [0.3, 0.4) is 0 Å². The second-order valence-electron chi connectivity index (χ2n) is 5.59. The van der Waals surface area contributed by atoms with E-state index in [4.69, 9.17) is 23.8 Å². The molecule has 2 aromatic rings. The van der Waals surface area contributed by atoms with Crippen molar-refractivity contribution in [3.05, 3.63) is 64.2 Å². The monoisotopic (exact) mass is 332 g/mol. The van der Waals surface area contributed by atoms with Gasteiger partial charge < -0.3 is 10.6 Å². The molecule has 0 bridgehead atoms. The van der Waals surface area contributed by atoms with E-state index in [1.54, 1.807) is 0 Å². The molecule has 4 heteroatoms. The molecule has 0 aliphatic carbocycles. The summed E-state index contributed by atoms with van der Waals surface area (Å²) >= 11 is 11.7. The summed E-state index contributed by atoms with van der Waals surface area (Å²) in [6.07, 6.45) is 0. The molecule has 0 amide bonds. The minimum absolute atomic E-state index is 0.385. The third-order valence-electron chi connectivity index (χ3n) is 3.61. The Hall–Kier alpha value is -1.58. The minimum Gasteiger partial charge on any atom is -0.362 e. The molecule has 0 saturated carbocycles. The molecule has 0 radical (unpaired) electrons. The van der Waals surface area contributed by atoms with Gasteiger partial charge in [0.05, 0.1) is 10.7 Å². The number of nitrogens with one attached hydrogen (secondary N) is 2. The van der Waals surface area contributed by atoms with Crippen molar-refractivity contribution < 1.29 is 0 Å². The smallest absolute Gasteiger partial charge is 0.170 e. The van der Waals surface area contributed by atoms with Gasteiger partial charge in [0, 0.05) is 6.54 Å². The fraction of sp³-hybridized carbons (Fsp3) is 0.278. The van der Waals surface area contributed by atoms with E-state index in [9.17, 15) is 0 Å². The van der Waals surface area contributed by atoms with Crippen molar-refractivity contribution in [1.82, 2.24) is 5.32 Å². The van der Waals surface area contributed by atoms with Crippen molar-refractivity contribution in [3.8, 4) is 0 Å². The zero-order chi connectivity index (χ0) is 16.1. The Balaban J connectivity index is 1.94. The van der Waals surface area contributed by atoms with E-state index < -0.39 is 0 Å². The van der Waals surface area contributed by atoms with Crippen LogP contribution in [0.4, 0.5) is 5.69 Å². The molecule has 0 saturated heterocycles. The minimum atomic E-state index is 0.385. The van der Waals surface area contributed by atoms with Crippen LogP contribution in [-0.2, 0) is 0 Å². The Morgan fingerprint density at radius 3 is 2.50 bits per heavy atom. The first-order valence-corrected chi connectivity index (χ1v) is 8.12. The van der Waals surface area contributed by atoms with E-state index >= 15 is 0 Å². The molecular formula is C18H21ClN2S. The van der Waals surface area contributed by atoms with Crippen LogP contribution >= 0.6 is 23.8 Å². The summed E-state index contributed by atoms with van der Waals surface area (Å²) in [4.78, 5) is 0. The van der Waals surface area contributed by atoms with Gasteiger partial charge >= 0.3 is 0 Å². The molecule has 22 heavy (non-hydrogen) atoms. The number of anilines is 1. The highest BCUT2D eigenvalue weighted by atomic mass is 35.5. The van der Waals surface area contributed by atoms with E-state index in [1.807, 2.05) is 26.0 Å². The van der Waals surface area contributed by atoms with Gasteiger partial charge in [-0.15, -0.1) is 0 Å². The Morgan fingerprint density at radius 1 is 1.18 bits per heavy atom. The standard InChI is InChI=1S/C18H21ClN2S/c1-12-9-13(2)17(16(19)10-12)21-18(22)20-11-14(3)15-7-5-4-6-8-15/h4-10,14H,11H2,1-3H3,(H2,20,21,22)/t14-/m0/s1. The van der Waals surface area contributed by atoms with Crippen LogP contribution in [0, 0.1) is 13.8 Å². The molecule has 0 heterocycles. The van der Waals surface area contributed by atoms with E-state index in [-0.39, 0.29) is 0 Å². The maximum absolute atomic E-state index is 6.29. The van der Waals surface area contributed by atoms with Crippen LogP contribution in [-0.4, -0.2) is 11.7 Å². The van der Waals surface area contributed by atoms with Gasteiger partial charge in [-0.2, -0.15) is 0 Å². The summed E-state index contributed by atoms with van der Waals surface area (Å²) in [6, 6.07) is 14.4. The van der Waals surface area contributed by atoms with Gasteiger partial charge in [-0.1, -0.05) is 54.9 Å². The zero-order valence-corrected chi connectivity index (χ0v) is 14.7. The molecule has 2 aromatic carbocycles. The Kier molecular flexibility index (Phi) is 5.81. The lowest BCUT2D eigenvalue weighted by molar-refractivity contribution is 0.723. The molecule has 0 aliphatic heterocycles. The molecule has 0 spiro atoms. The molecule has 1 atom stereocenters. The first-order valence-electron chi connectivity index (χ1n) is 7.34. The van der Waals surface area contributed by atoms with Crippen molar-refractivity contribution in [1.29, 1.82) is 0 Å². The number of halogens is 1. The average Bonchev–Trinajstić information content (AvgIpc) is 2.49. The summed E-state index contributed by atoms with van der Waals surface area (Å²) in [6.45, 7) is 7.00. The molecule has 0 aromatic heterocycles. The first-order chi connectivity index (χ1) is 10.5. The van der Waals surface area contributed by atoms with E-state index in [2.05, 4.69) is 47.9 Å². The highest BCUT2D eigenvalue weighted by molar-refractivity contribution is 7.80. The quantitative estimate of drug-likeness (QED) is 0.766. The summed E-state index contributed by atoms with van der Waals surface area (Å²) in [5.74, 6) is 0.385.